The molecule has 0 spiro atoms. The molecule has 41 heavy (non-hydrogen) atoms. The van der Waals surface area contributed by atoms with Crippen molar-refractivity contribution in [1.29, 1.82) is 0 Å². The first-order chi connectivity index (χ1) is 20.2. The predicted octanol–water partition coefficient (Wildman–Crippen LogP) is 9.28. The molecule has 0 aliphatic carbocycles. The summed E-state index contributed by atoms with van der Waals surface area (Å²) in [6.45, 7) is 0. The lowest BCUT2D eigenvalue weighted by Crippen LogP contribution is -2.22. The zero-order chi connectivity index (χ0) is 27.3. The number of fused-ring (bicyclic) bond motifs is 6. The number of furan rings is 1. The summed E-state index contributed by atoms with van der Waals surface area (Å²) in [6.07, 6.45) is 0. The average molecular weight is 530 g/mol. The Morgan fingerprint density at radius 1 is 0.537 bits per heavy atom. The van der Waals surface area contributed by atoms with E-state index in [9.17, 15) is 0 Å². The van der Waals surface area contributed by atoms with Crippen LogP contribution < -0.4 is 11.2 Å². The number of nitrogen functional groups attached to an aromatic ring is 1. The summed E-state index contributed by atoms with van der Waals surface area (Å²) in [4.78, 5) is 0. The van der Waals surface area contributed by atoms with E-state index in [1.54, 1.807) is 0 Å². The fraction of sp³-hybridized carbons (Fsp3) is 0.0270. The second kappa shape index (κ2) is 9.32. The van der Waals surface area contributed by atoms with Crippen molar-refractivity contribution >= 4 is 49.4 Å². The molecule has 196 valence electrons. The van der Waals surface area contributed by atoms with Gasteiger partial charge in [0, 0.05) is 32.8 Å². The molecule has 1 atom stereocenters. The van der Waals surface area contributed by atoms with E-state index in [4.69, 9.17) is 10.2 Å². The summed E-state index contributed by atoms with van der Waals surface area (Å²) in [5.41, 5.74) is 19.7. The Bertz CT molecular complexity index is 2190. The number of anilines is 1. The fourth-order valence-corrected chi connectivity index (χ4v) is 6.05. The van der Waals surface area contributed by atoms with Gasteiger partial charge in [0.25, 0.3) is 0 Å². The molecule has 8 rings (SSSR count). The fourth-order valence-electron chi connectivity index (χ4n) is 6.05. The lowest BCUT2D eigenvalue weighted by atomic mass is 9.95. The van der Waals surface area contributed by atoms with E-state index in [1.165, 1.54) is 11.1 Å². The molecule has 6 aromatic carbocycles. The van der Waals surface area contributed by atoms with Crippen LogP contribution in [0, 0.1) is 0 Å². The maximum absolute atomic E-state index is 6.60. The summed E-state index contributed by atoms with van der Waals surface area (Å²) >= 11 is 0. The molecule has 2 heterocycles. The van der Waals surface area contributed by atoms with Crippen molar-refractivity contribution in [3.8, 4) is 11.1 Å². The second-order valence-electron chi connectivity index (χ2n) is 10.5. The van der Waals surface area contributed by atoms with E-state index in [0.29, 0.717) is 0 Å². The van der Waals surface area contributed by atoms with Gasteiger partial charge in [0.2, 0.25) is 0 Å². The van der Waals surface area contributed by atoms with Crippen LogP contribution >= 0.6 is 0 Å². The largest absolute Gasteiger partial charge is 0.456 e. The highest BCUT2D eigenvalue weighted by Crippen LogP contribution is 2.38. The van der Waals surface area contributed by atoms with E-state index in [2.05, 4.69) is 113 Å². The third kappa shape index (κ3) is 3.84. The van der Waals surface area contributed by atoms with Crippen LogP contribution in [0.1, 0.15) is 17.2 Å². The molecule has 4 heteroatoms. The van der Waals surface area contributed by atoms with Crippen LogP contribution in [0.2, 0.25) is 0 Å². The van der Waals surface area contributed by atoms with Gasteiger partial charge in [-0.05, 0) is 47.0 Å². The van der Waals surface area contributed by atoms with Gasteiger partial charge in [0.1, 0.15) is 11.2 Å². The Morgan fingerprint density at radius 3 is 2.05 bits per heavy atom. The smallest absolute Gasteiger partial charge is 0.136 e. The average Bonchev–Trinajstić information content (AvgIpc) is 3.54. The van der Waals surface area contributed by atoms with Gasteiger partial charge < -0.3 is 15.6 Å². The molecular formula is C37H27N3O. The zero-order valence-electron chi connectivity index (χ0n) is 22.3. The van der Waals surface area contributed by atoms with Crippen LogP contribution in [0.15, 0.2) is 144 Å². The highest BCUT2D eigenvalue weighted by atomic mass is 16.3. The third-order valence-electron chi connectivity index (χ3n) is 8.09. The van der Waals surface area contributed by atoms with Crippen LogP contribution in [0.4, 0.5) is 5.69 Å². The van der Waals surface area contributed by atoms with Crippen molar-refractivity contribution in [3.63, 3.8) is 0 Å². The standard InChI is InChI=1S/C37H27N3O/c38-32-15-7-4-14-29(32)37(26-20-18-25(19-21-26)24-10-2-1-3-11-24)39-40-33-16-8-5-12-27(33)30-23-36-31(22-34(30)40)28-13-6-9-17-35(28)41-36/h1-23,37,39H,38H2. The Morgan fingerprint density at radius 2 is 1.22 bits per heavy atom. The molecule has 0 bridgehead atoms. The maximum atomic E-state index is 6.60. The van der Waals surface area contributed by atoms with Gasteiger partial charge in [-0.25, -0.2) is 0 Å². The molecule has 1 unspecified atom stereocenters. The summed E-state index contributed by atoms with van der Waals surface area (Å²) in [6, 6.07) is 48.3. The monoisotopic (exact) mass is 529 g/mol. The topological polar surface area (TPSA) is 56.1 Å². The molecule has 0 radical (unpaired) electrons. The van der Waals surface area contributed by atoms with Crippen molar-refractivity contribution in [2.75, 3.05) is 11.2 Å². The van der Waals surface area contributed by atoms with E-state index < -0.39 is 0 Å². The second-order valence-corrected chi connectivity index (χ2v) is 10.5. The predicted molar refractivity (Wildman–Crippen MR) is 171 cm³/mol. The quantitative estimate of drug-likeness (QED) is 0.218. The Labute approximate surface area is 237 Å². The normalized spacial score (nSPS) is 12.4. The van der Waals surface area contributed by atoms with Crippen LogP contribution in [-0.2, 0) is 0 Å². The van der Waals surface area contributed by atoms with Gasteiger partial charge in [-0.2, -0.15) is 0 Å². The molecule has 0 aliphatic rings. The Hall–Kier alpha value is -5.48. The number of benzene rings is 6. The molecule has 3 N–H and O–H groups in total. The molecule has 0 saturated heterocycles. The van der Waals surface area contributed by atoms with Gasteiger partial charge in [0.15, 0.2) is 0 Å². The minimum Gasteiger partial charge on any atom is -0.456 e. The number of para-hydroxylation sites is 3. The highest BCUT2D eigenvalue weighted by molar-refractivity contribution is 6.16. The summed E-state index contributed by atoms with van der Waals surface area (Å²) in [7, 11) is 0. The van der Waals surface area contributed by atoms with Crippen molar-refractivity contribution in [2.24, 2.45) is 0 Å². The minimum atomic E-state index is -0.183. The SMILES string of the molecule is Nc1ccccc1C(Nn1c2ccccc2c2cc3oc4ccccc4c3cc21)c1ccc(-c2ccccc2)cc1. The van der Waals surface area contributed by atoms with E-state index in [1.807, 2.05) is 36.4 Å². The van der Waals surface area contributed by atoms with Crippen LogP contribution in [-0.4, -0.2) is 4.68 Å². The Balaban J connectivity index is 1.33. The zero-order valence-corrected chi connectivity index (χ0v) is 22.3. The minimum absolute atomic E-state index is 0.183. The molecule has 4 nitrogen and oxygen atoms in total. The van der Waals surface area contributed by atoms with Gasteiger partial charge in [-0.15, -0.1) is 0 Å². The summed E-state index contributed by atoms with van der Waals surface area (Å²) in [5.74, 6) is 0. The van der Waals surface area contributed by atoms with Gasteiger partial charge >= 0.3 is 0 Å². The Kier molecular flexibility index (Phi) is 5.32. The van der Waals surface area contributed by atoms with Crippen molar-refractivity contribution in [3.05, 3.63) is 151 Å². The molecule has 0 fully saturated rings. The van der Waals surface area contributed by atoms with Gasteiger partial charge in [-0.1, -0.05) is 109 Å². The number of nitrogens with zero attached hydrogens (tertiary/aromatic N) is 1. The first-order valence-corrected chi connectivity index (χ1v) is 13.9. The summed E-state index contributed by atoms with van der Waals surface area (Å²) < 4.78 is 8.47. The van der Waals surface area contributed by atoms with Crippen molar-refractivity contribution in [2.45, 2.75) is 6.04 Å². The molecule has 2 aromatic heterocycles. The highest BCUT2D eigenvalue weighted by Gasteiger charge is 2.21. The van der Waals surface area contributed by atoms with Crippen molar-refractivity contribution in [1.82, 2.24) is 4.68 Å². The first kappa shape index (κ1) is 23.4. The molecule has 0 amide bonds. The van der Waals surface area contributed by atoms with Crippen LogP contribution in [0.5, 0.6) is 0 Å². The number of rotatable bonds is 5. The van der Waals surface area contributed by atoms with E-state index in [-0.39, 0.29) is 6.04 Å². The molecular weight excluding hydrogens is 502 g/mol. The number of aromatic nitrogens is 1. The van der Waals surface area contributed by atoms with Crippen LogP contribution in [0.3, 0.4) is 0 Å². The maximum Gasteiger partial charge on any atom is 0.136 e. The number of nitrogens with one attached hydrogen (secondary N) is 1. The number of hydrogen-bond acceptors (Lipinski definition) is 3. The van der Waals surface area contributed by atoms with E-state index >= 15 is 0 Å². The van der Waals surface area contributed by atoms with Crippen LogP contribution in [0.25, 0.3) is 54.9 Å². The van der Waals surface area contributed by atoms with Gasteiger partial charge in [-0.3, -0.25) is 4.68 Å². The first-order valence-electron chi connectivity index (χ1n) is 13.9. The summed E-state index contributed by atoms with van der Waals surface area (Å²) in [5, 5.41) is 4.51. The van der Waals surface area contributed by atoms with E-state index in [0.717, 1.165) is 60.6 Å². The molecule has 0 aliphatic heterocycles. The molecule has 8 aromatic rings. The van der Waals surface area contributed by atoms with Gasteiger partial charge in [0.05, 0.1) is 17.1 Å². The van der Waals surface area contributed by atoms with Crippen molar-refractivity contribution < 1.29 is 4.42 Å². The number of nitrogens with two attached hydrogens (primary N) is 1. The lowest BCUT2D eigenvalue weighted by molar-refractivity contribution is 0.669. The third-order valence-corrected chi connectivity index (χ3v) is 8.09. The molecule has 0 saturated carbocycles. The lowest BCUT2D eigenvalue weighted by Gasteiger charge is -2.24. The number of hydrogen-bond donors (Lipinski definition) is 2.